The zero-order chi connectivity index (χ0) is 26.6. The molecule has 0 aromatic heterocycles. The maximum absolute atomic E-state index is 13.2. The number of piperazine rings is 1. The lowest BCUT2D eigenvalue weighted by molar-refractivity contribution is -0.137. The van der Waals surface area contributed by atoms with Crippen molar-refractivity contribution in [3.05, 3.63) is 65.0 Å². The average Bonchev–Trinajstić information content (AvgIpc) is 3.29. The van der Waals surface area contributed by atoms with Crippen molar-refractivity contribution >= 4 is 28.8 Å². The van der Waals surface area contributed by atoms with Gasteiger partial charge in [0.2, 0.25) is 0 Å². The molecule has 2 aliphatic rings. The van der Waals surface area contributed by atoms with Crippen molar-refractivity contribution in [3.8, 4) is 0 Å². The van der Waals surface area contributed by atoms with Crippen LogP contribution in [0.1, 0.15) is 34.8 Å². The van der Waals surface area contributed by atoms with Crippen molar-refractivity contribution in [3.63, 3.8) is 0 Å². The molecule has 0 atom stereocenters. The number of amides is 2. The number of carbonyl (C=O) groups excluding carboxylic acids is 2. The number of hydrogen-bond donors (Lipinski definition) is 4. The fraction of sp³-hybridized carbons (Fsp3) is 0.385. The summed E-state index contributed by atoms with van der Waals surface area (Å²) in [6.45, 7) is 8.92. The number of primary amides is 1. The molecule has 4 rings (SSSR count). The van der Waals surface area contributed by atoms with E-state index in [1.807, 2.05) is 0 Å². The molecule has 0 aliphatic carbocycles. The van der Waals surface area contributed by atoms with Crippen LogP contribution in [0.2, 0.25) is 0 Å². The highest BCUT2D eigenvalue weighted by molar-refractivity contribution is 6.21. The van der Waals surface area contributed by atoms with Gasteiger partial charge in [-0.25, -0.2) is 0 Å². The molecule has 8 nitrogen and oxygen atoms in total. The smallest absolute Gasteiger partial charge is 0.365 e. The SMILES string of the molecule is CCN1CCN(CCCNC(=O)c2ccc3c(c2)N/C(=C(/C(N)=O)c2cccc(C(F)(F)F)c2)N3)CC1. The summed E-state index contributed by atoms with van der Waals surface area (Å²) in [4.78, 5) is 29.7. The standard InChI is InChI=1S/C26H31F3N6O2/c1-2-34-11-13-35(14-12-34)10-4-9-31-25(37)18-7-8-20-21(16-18)33-24(32-20)22(23(30)36)17-5-3-6-19(15-17)26(27,28)29/h3,5-8,15-16,32-33H,2,4,9-14H2,1H3,(H2,30,36)(H,31,37)/b24-22+. The number of carbonyl (C=O) groups is 2. The van der Waals surface area contributed by atoms with Crippen LogP contribution in [-0.4, -0.2) is 67.4 Å². The van der Waals surface area contributed by atoms with Crippen LogP contribution in [-0.2, 0) is 11.0 Å². The monoisotopic (exact) mass is 516 g/mol. The molecule has 1 fully saturated rings. The number of benzene rings is 2. The highest BCUT2D eigenvalue weighted by Crippen LogP contribution is 2.36. The van der Waals surface area contributed by atoms with Gasteiger partial charge >= 0.3 is 6.18 Å². The minimum atomic E-state index is -4.56. The average molecular weight is 517 g/mol. The van der Waals surface area contributed by atoms with Crippen LogP contribution in [0.15, 0.2) is 48.3 Å². The minimum absolute atomic E-state index is 0.0270. The van der Waals surface area contributed by atoms with Gasteiger partial charge in [0, 0.05) is 38.3 Å². The maximum Gasteiger partial charge on any atom is 0.416 e. The summed E-state index contributed by atoms with van der Waals surface area (Å²) in [5.41, 5.74) is 6.06. The van der Waals surface area contributed by atoms with Crippen LogP contribution >= 0.6 is 0 Å². The Hall–Kier alpha value is -3.57. The number of nitrogens with one attached hydrogen (secondary N) is 3. The van der Waals surface area contributed by atoms with E-state index in [1.165, 1.54) is 12.1 Å². The number of likely N-dealkylation sites (N-methyl/N-ethyl adjacent to an activating group) is 1. The third-order valence-electron chi connectivity index (χ3n) is 6.62. The van der Waals surface area contributed by atoms with E-state index in [0.29, 0.717) is 23.5 Å². The largest absolute Gasteiger partial charge is 0.416 e. The Balaban J connectivity index is 1.39. The van der Waals surface area contributed by atoms with E-state index in [-0.39, 0.29) is 22.9 Å². The van der Waals surface area contributed by atoms with Crippen LogP contribution in [0.3, 0.4) is 0 Å². The summed E-state index contributed by atoms with van der Waals surface area (Å²) in [5, 5.41) is 8.89. The first-order valence-electron chi connectivity index (χ1n) is 12.3. The van der Waals surface area contributed by atoms with E-state index in [0.717, 1.165) is 57.8 Å². The number of fused-ring (bicyclic) bond motifs is 1. The zero-order valence-corrected chi connectivity index (χ0v) is 20.6. The van der Waals surface area contributed by atoms with Crippen molar-refractivity contribution in [1.29, 1.82) is 0 Å². The van der Waals surface area contributed by atoms with Gasteiger partial charge in [-0.15, -0.1) is 0 Å². The Morgan fingerprint density at radius 1 is 0.973 bits per heavy atom. The lowest BCUT2D eigenvalue weighted by Crippen LogP contribution is -2.46. The molecule has 2 amide bonds. The molecule has 0 bridgehead atoms. The van der Waals surface area contributed by atoms with Gasteiger partial charge in [-0.3, -0.25) is 9.59 Å². The molecule has 37 heavy (non-hydrogen) atoms. The van der Waals surface area contributed by atoms with E-state index >= 15 is 0 Å². The number of nitrogens with zero attached hydrogens (tertiary/aromatic N) is 2. The van der Waals surface area contributed by atoms with Gasteiger partial charge in [-0.2, -0.15) is 13.2 Å². The summed E-state index contributed by atoms with van der Waals surface area (Å²) >= 11 is 0. The molecule has 1 saturated heterocycles. The quantitative estimate of drug-likeness (QED) is 0.318. The number of anilines is 2. The predicted octanol–water partition coefficient (Wildman–Crippen LogP) is 3.15. The van der Waals surface area contributed by atoms with Gasteiger partial charge in [0.25, 0.3) is 11.8 Å². The Labute approximate surface area is 213 Å². The molecule has 0 spiro atoms. The van der Waals surface area contributed by atoms with Gasteiger partial charge in [-0.05, 0) is 55.4 Å². The number of nitrogens with two attached hydrogens (primary N) is 1. The van der Waals surface area contributed by atoms with Crippen molar-refractivity contribution < 1.29 is 22.8 Å². The Kier molecular flexibility index (Phi) is 8.03. The third-order valence-corrected chi connectivity index (χ3v) is 6.62. The highest BCUT2D eigenvalue weighted by Gasteiger charge is 2.31. The van der Waals surface area contributed by atoms with Gasteiger partial charge in [0.05, 0.1) is 22.5 Å². The lowest BCUT2D eigenvalue weighted by Gasteiger charge is -2.33. The molecule has 2 aromatic carbocycles. The van der Waals surface area contributed by atoms with Crippen molar-refractivity contribution in [2.24, 2.45) is 5.73 Å². The van der Waals surface area contributed by atoms with E-state index in [4.69, 9.17) is 5.73 Å². The minimum Gasteiger partial charge on any atom is -0.365 e. The van der Waals surface area contributed by atoms with Crippen LogP contribution < -0.4 is 21.7 Å². The van der Waals surface area contributed by atoms with Crippen LogP contribution in [0.4, 0.5) is 24.5 Å². The first-order valence-corrected chi connectivity index (χ1v) is 12.3. The predicted molar refractivity (Wildman–Crippen MR) is 137 cm³/mol. The molecule has 5 N–H and O–H groups in total. The Bertz CT molecular complexity index is 1190. The molecular formula is C26H31F3N6O2. The summed E-state index contributed by atoms with van der Waals surface area (Å²) in [6, 6.07) is 9.34. The van der Waals surface area contributed by atoms with Gasteiger partial charge < -0.3 is 31.5 Å². The summed E-state index contributed by atoms with van der Waals surface area (Å²) in [7, 11) is 0. The van der Waals surface area contributed by atoms with Crippen molar-refractivity contribution in [2.45, 2.75) is 19.5 Å². The number of alkyl halides is 3. The van der Waals surface area contributed by atoms with Crippen molar-refractivity contribution in [1.82, 2.24) is 15.1 Å². The van der Waals surface area contributed by atoms with Gasteiger partial charge in [0.1, 0.15) is 5.82 Å². The Morgan fingerprint density at radius 2 is 1.68 bits per heavy atom. The number of halogens is 3. The van der Waals surface area contributed by atoms with E-state index in [9.17, 15) is 22.8 Å². The summed E-state index contributed by atoms with van der Waals surface area (Å²) in [5.74, 6) is -0.968. The fourth-order valence-corrected chi connectivity index (χ4v) is 4.52. The third kappa shape index (κ3) is 6.41. The van der Waals surface area contributed by atoms with E-state index < -0.39 is 17.6 Å². The normalized spacial score (nSPS) is 17.5. The Morgan fingerprint density at radius 3 is 2.35 bits per heavy atom. The first-order chi connectivity index (χ1) is 17.7. The van der Waals surface area contributed by atoms with Crippen LogP contribution in [0.25, 0.3) is 5.57 Å². The topological polar surface area (TPSA) is 103 Å². The molecule has 198 valence electrons. The molecular weight excluding hydrogens is 485 g/mol. The molecule has 11 heteroatoms. The second kappa shape index (κ2) is 11.2. The van der Waals surface area contributed by atoms with E-state index in [2.05, 4.69) is 32.7 Å². The van der Waals surface area contributed by atoms with Gasteiger partial charge in [-0.1, -0.05) is 19.1 Å². The summed E-state index contributed by atoms with van der Waals surface area (Å²) < 4.78 is 39.5. The van der Waals surface area contributed by atoms with Gasteiger partial charge in [0.15, 0.2) is 0 Å². The van der Waals surface area contributed by atoms with Crippen LogP contribution in [0.5, 0.6) is 0 Å². The molecule has 2 aliphatic heterocycles. The highest BCUT2D eigenvalue weighted by atomic mass is 19.4. The number of rotatable bonds is 8. The molecule has 2 heterocycles. The molecule has 2 aromatic rings. The fourth-order valence-electron chi connectivity index (χ4n) is 4.52. The first kappa shape index (κ1) is 26.5. The second-order valence-corrected chi connectivity index (χ2v) is 9.09. The molecule has 0 unspecified atom stereocenters. The molecule has 0 saturated carbocycles. The number of hydrogen-bond acceptors (Lipinski definition) is 6. The van der Waals surface area contributed by atoms with Crippen molar-refractivity contribution in [2.75, 3.05) is 56.4 Å². The molecule has 0 radical (unpaired) electrons. The zero-order valence-electron chi connectivity index (χ0n) is 20.6. The van der Waals surface area contributed by atoms with E-state index in [1.54, 1.807) is 18.2 Å². The second-order valence-electron chi connectivity index (χ2n) is 9.09. The lowest BCUT2D eigenvalue weighted by atomic mass is 10.0. The summed E-state index contributed by atoms with van der Waals surface area (Å²) in [6.07, 6.45) is -3.72. The van der Waals surface area contributed by atoms with Crippen LogP contribution in [0, 0.1) is 0 Å². The maximum atomic E-state index is 13.2.